The Kier molecular flexibility index (Phi) is 9.21. The quantitative estimate of drug-likeness (QED) is 0.150. The smallest absolute Gasteiger partial charge is 0.433 e. The Hall–Kier alpha value is -4.36. The van der Waals surface area contributed by atoms with Crippen LogP contribution in [0.2, 0.25) is 0 Å². The highest BCUT2D eigenvalue weighted by Crippen LogP contribution is 2.33. The third-order valence-corrected chi connectivity index (χ3v) is 7.76. The predicted molar refractivity (Wildman–Crippen MR) is 158 cm³/mol. The van der Waals surface area contributed by atoms with E-state index in [1.165, 1.54) is 37.3 Å². The number of aromatic nitrogens is 4. The number of benzene rings is 1. The summed E-state index contributed by atoms with van der Waals surface area (Å²) in [6.07, 6.45) is -7.56. The SMILES string of the molecule is COc1ccc(-c2cnc(-c3cccc(CN(Cc4cc(C)cc(C(F)(F)F)n4)Cc4cc(C)cc(C(F)(F)F)n4)n3)s2)cc1. The van der Waals surface area contributed by atoms with Crippen LogP contribution in [-0.2, 0) is 32.0 Å². The van der Waals surface area contributed by atoms with Gasteiger partial charge in [-0.05, 0) is 91.2 Å². The molecule has 0 amide bonds. The highest BCUT2D eigenvalue weighted by Gasteiger charge is 2.34. The number of thiazole rings is 1. The van der Waals surface area contributed by atoms with Gasteiger partial charge in [-0.2, -0.15) is 26.3 Å². The summed E-state index contributed by atoms with van der Waals surface area (Å²) in [5.74, 6) is 0.730. The third kappa shape index (κ3) is 8.22. The number of aryl methyl sites for hydroxylation is 2. The number of ether oxygens (including phenoxy) is 1. The zero-order valence-corrected chi connectivity index (χ0v) is 25.2. The molecule has 0 spiro atoms. The van der Waals surface area contributed by atoms with E-state index in [1.54, 1.807) is 36.4 Å². The molecule has 0 bridgehead atoms. The monoisotopic (exact) mass is 643 g/mol. The summed E-state index contributed by atoms with van der Waals surface area (Å²) in [6, 6.07) is 17.8. The lowest BCUT2D eigenvalue weighted by atomic mass is 10.1. The fourth-order valence-electron chi connectivity index (χ4n) is 4.75. The lowest BCUT2D eigenvalue weighted by molar-refractivity contribution is -0.142. The van der Waals surface area contributed by atoms with Gasteiger partial charge in [-0.1, -0.05) is 6.07 Å². The van der Waals surface area contributed by atoms with Crippen LogP contribution in [0, 0.1) is 13.8 Å². The van der Waals surface area contributed by atoms with E-state index in [9.17, 15) is 26.3 Å². The summed E-state index contributed by atoms with van der Waals surface area (Å²) in [4.78, 5) is 19.5. The maximum atomic E-state index is 13.5. The van der Waals surface area contributed by atoms with E-state index < -0.39 is 23.7 Å². The van der Waals surface area contributed by atoms with E-state index in [0.29, 0.717) is 27.5 Å². The lowest BCUT2D eigenvalue weighted by Gasteiger charge is -2.23. The molecule has 0 saturated heterocycles. The molecule has 0 radical (unpaired) electrons. The van der Waals surface area contributed by atoms with Crippen molar-refractivity contribution in [2.75, 3.05) is 7.11 Å². The fourth-order valence-corrected chi connectivity index (χ4v) is 5.65. The molecule has 0 aliphatic carbocycles. The van der Waals surface area contributed by atoms with Crippen molar-refractivity contribution in [3.8, 4) is 26.9 Å². The first kappa shape index (κ1) is 32.0. The lowest BCUT2D eigenvalue weighted by Crippen LogP contribution is -2.25. The summed E-state index contributed by atoms with van der Waals surface area (Å²) in [5.41, 5.74) is 0.948. The van der Waals surface area contributed by atoms with Gasteiger partial charge in [-0.15, -0.1) is 11.3 Å². The van der Waals surface area contributed by atoms with Crippen LogP contribution in [0.25, 0.3) is 21.1 Å². The van der Waals surface area contributed by atoms with E-state index in [2.05, 4.69) is 15.0 Å². The molecule has 4 aromatic heterocycles. The Morgan fingerprint density at radius 1 is 0.711 bits per heavy atom. The molecule has 5 aromatic rings. The van der Waals surface area contributed by atoms with Crippen molar-refractivity contribution < 1.29 is 31.1 Å². The topological polar surface area (TPSA) is 64.0 Å². The molecule has 1 aromatic carbocycles. The number of methoxy groups -OCH3 is 1. The van der Waals surface area contributed by atoms with Crippen LogP contribution in [0.1, 0.15) is 39.6 Å². The van der Waals surface area contributed by atoms with Crippen molar-refractivity contribution in [3.63, 3.8) is 0 Å². The molecular weight excluding hydrogens is 616 g/mol. The van der Waals surface area contributed by atoms with Crippen LogP contribution in [-0.4, -0.2) is 31.9 Å². The van der Waals surface area contributed by atoms with Gasteiger partial charge in [0.25, 0.3) is 0 Å². The Morgan fingerprint density at radius 2 is 1.27 bits per heavy atom. The molecule has 0 unspecified atom stereocenters. The molecule has 13 heteroatoms. The minimum absolute atomic E-state index is 0.0908. The Morgan fingerprint density at radius 3 is 1.80 bits per heavy atom. The number of pyridine rings is 3. The minimum Gasteiger partial charge on any atom is -0.497 e. The second-order valence-electron chi connectivity index (χ2n) is 10.5. The first-order chi connectivity index (χ1) is 21.3. The standard InChI is InChI=1S/C32H27F6N5OS/c1-19-11-23(41-28(13-19)31(33,34)35)17-43(18-24-12-20(2)14-29(42-24)32(36,37)38)16-22-5-4-6-26(40-22)30-39-15-27(45-30)21-7-9-25(44-3)10-8-21/h4-15H,16-18H2,1-3H3. The van der Waals surface area contributed by atoms with Crippen molar-refractivity contribution in [2.24, 2.45) is 0 Å². The molecule has 0 fully saturated rings. The maximum Gasteiger partial charge on any atom is 0.433 e. The van der Waals surface area contributed by atoms with E-state index in [0.717, 1.165) is 28.3 Å². The van der Waals surface area contributed by atoms with Gasteiger partial charge in [0.15, 0.2) is 0 Å². The number of halogens is 6. The van der Waals surface area contributed by atoms with Crippen LogP contribution < -0.4 is 4.74 Å². The molecule has 6 nitrogen and oxygen atoms in total. The van der Waals surface area contributed by atoms with Crippen molar-refractivity contribution in [2.45, 2.75) is 45.8 Å². The highest BCUT2D eigenvalue weighted by molar-refractivity contribution is 7.18. The predicted octanol–water partition coefficient (Wildman–Crippen LogP) is 8.53. The second-order valence-corrected chi connectivity index (χ2v) is 11.5. The number of hydrogen-bond acceptors (Lipinski definition) is 7. The van der Waals surface area contributed by atoms with Crippen LogP contribution in [0.15, 0.2) is 72.9 Å². The molecule has 0 aliphatic rings. The zero-order valence-electron chi connectivity index (χ0n) is 24.4. The van der Waals surface area contributed by atoms with E-state index in [4.69, 9.17) is 9.72 Å². The minimum atomic E-state index is -4.65. The summed E-state index contributed by atoms with van der Waals surface area (Å²) in [6.45, 7) is 2.97. The molecule has 0 atom stereocenters. The van der Waals surface area contributed by atoms with Crippen molar-refractivity contribution >= 4 is 11.3 Å². The highest BCUT2D eigenvalue weighted by atomic mass is 32.1. The van der Waals surface area contributed by atoms with Crippen LogP contribution in [0.4, 0.5) is 26.3 Å². The van der Waals surface area contributed by atoms with Gasteiger partial charge in [0, 0.05) is 25.8 Å². The summed E-state index contributed by atoms with van der Waals surface area (Å²) < 4.78 is 86.3. The van der Waals surface area contributed by atoms with Gasteiger partial charge in [-0.3, -0.25) is 4.90 Å². The number of rotatable bonds is 9. The van der Waals surface area contributed by atoms with Crippen molar-refractivity contribution in [3.05, 3.63) is 113 Å². The molecule has 0 saturated carbocycles. The van der Waals surface area contributed by atoms with E-state index >= 15 is 0 Å². The molecule has 0 N–H and O–H groups in total. The van der Waals surface area contributed by atoms with E-state index in [1.807, 2.05) is 24.3 Å². The average molecular weight is 644 g/mol. The Bertz CT molecular complexity index is 1720. The van der Waals surface area contributed by atoms with Gasteiger partial charge in [0.1, 0.15) is 22.1 Å². The summed E-state index contributed by atoms with van der Waals surface area (Å²) in [7, 11) is 1.59. The normalized spacial score (nSPS) is 12.1. The maximum absolute atomic E-state index is 13.5. The van der Waals surface area contributed by atoms with Gasteiger partial charge >= 0.3 is 12.4 Å². The van der Waals surface area contributed by atoms with Gasteiger partial charge in [-0.25, -0.2) is 19.9 Å². The number of alkyl halides is 6. The molecular formula is C32H27F6N5OS. The van der Waals surface area contributed by atoms with E-state index in [-0.39, 0.29) is 31.0 Å². The number of nitrogens with zero attached hydrogens (tertiary/aromatic N) is 5. The van der Waals surface area contributed by atoms with Crippen LogP contribution >= 0.6 is 11.3 Å². The first-order valence-corrected chi connectivity index (χ1v) is 14.5. The number of hydrogen-bond donors (Lipinski definition) is 0. The molecule has 0 aliphatic heterocycles. The molecule has 234 valence electrons. The first-order valence-electron chi connectivity index (χ1n) is 13.7. The largest absolute Gasteiger partial charge is 0.497 e. The van der Waals surface area contributed by atoms with Gasteiger partial charge in [0.05, 0.1) is 34.8 Å². The summed E-state index contributed by atoms with van der Waals surface area (Å²) >= 11 is 1.44. The van der Waals surface area contributed by atoms with Gasteiger partial charge in [0.2, 0.25) is 0 Å². The second kappa shape index (κ2) is 12.9. The van der Waals surface area contributed by atoms with Crippen LogP contribution in [0.5, 0.6) is 5.75 Å². The molecule has 5 rings (SSSR count). The van der Waals surface area contributed by atoms with Gasteiger partial charge < -0.3 is 4.74 Å². The van der Waals surface area contributed by atoms with Crippen molar-refractivity contribution in [1.29, 1.82) is 0 Å². The zero-order chi connectivity index (χ0) is 32.4. The Balaban J connectivity index is 1.45. The van der Waals surface area contributed by atoms with Crippen LogP contribution in [0.3, 0.4) is 0 Å². The third-order valence-electron chi connectivity index (χ3n) is 6.69. The summed E-state index contributed by atoms with van der Waals surface area (Å²) in [5, 5.41) is 0.652. The molecule has 4 heterocycles. The molecule has 45 heavy (non-hydrogen) atoms. The average Bonchev–Trinajstić information content (AvgIpc) is 3.46. The Labute approximate surface area is 259 Å². The van der Waals surface area contributed by atoms with Crippen molar-refractivity contribution in [1.82, 2.24) is 24.8 Å². The fraction of sp³-hybridized carbons (Fsp3) is 0.250.